The van der Waals surface area contributed by atoms with Crippen molar-refractivity contribution in [2.24, 2.45) is 4.99 Å². The summed E-state index contributed by atoms with van der Waals surface area (Å²) in [4.78, 5) is 4.50. The average molecular weight is 439 g/mol. The van der Waals surface area contributed by atoms with Crippen molar-refractivity contribution in [1.82, 2.24) is 10.6 Å². The smallest absolute Gasteiger partial charge is 0.191 e. The normalized spacial score (nSPS) is 11.7. The summed E-state index contributed by atoms with van der Waals surface area (Å²) < 4.78 is 22.5. The standard InChI is InChI=1S/C15H25N3O2S.HI/c1-4-10-17-15(16-5-2)18-11-13-6-8-14(9-7-13)12-21(3,19)20;/h6-9H,4-5,10-12H2,1-3H3,(H2,16,17,18);1H. The number of rotatable bonds is 7. The van der Waals surface area contributed by atoms with E-state index in [-0.39, 0.29) is 29.7 Å². The molecule has 0 spiro atoms. The summed E-state index contributed by atoms with van der Waals surface area (Å²) in [7, 11) is -2.98. The molecule has 1 aromatic carbocycles. The van der Waals surface area contributed by atoms with Crippen molar-refractivity contribution in [1.29, 1.82) is 0 Å². The fourth-order valence-corrected chi connectivity index (χ4v) is 2.60. The minimum atomic E-state index is -2.98. The third-order valence-corrected chi connectivity index (χ3v) is 3.62. The Kier molecular flexibility index (Phi) is 10.4. The second-order valence-electron chi connectivity index (χ2n) is 5.01. The highest BCUT2D eigenvalue weighted by Crippen LogP contribution is 2.08. The average Bonchev–Trinajstić information content (AvgIpc) is 2.42. The third-order valence-electron chi connectivity index (χ3n) is 2.76. The Bertz CT molecular complexity index is 557. The highest BCUT2D eigenvalue weighted by Gasteiger charge is 2.04. The van der Waals surface area contributed by atoms with Crippen LogP contribution in [0.2, 0.25) is 0 Å². The van der Waals surface area contributed by atoms with Crippen molar-refractivity contribution < 1.29 is 8.42 Å². The molecule has 0 heterocycles. The summed E-state index contributed by atoms with van der Waals surface area (Å²) in [6, 6.07) is 7.54. The lowest BCUT2D eigenvalue weighted by Gasteiger charge is -2.10. The van der Waals surface area contributed by atoms with Gasteiger partial charge in [-0.2, -0.15) is 0 Å². The third kappa shape index (κ3) is 9.24. The largest absolute Gasteiger partial charge is 0.357 e. The van der Waals surface area contributed by atoms with Gasteiger partial charge in [-0.15, -0.1) is 24.0 Å². The number of sulfone groups is 1. The molecule has 5 nitrogen and oxygen atoms in total. The summed E-state index contributed by atoms with van der Waals surface area (Å²) in [5.74, 6) is 0.886. The van der Waals surface area contributed by atoms with Crippen LogP contribution in [0.4, 0.5) is 0 Å². The molecule has 0 aliphatic heterocycles. The molecular weight excluding hydrogens is 413 g/mol. The van der Waals surface area contributed by atoms with E-state index in [1.54, 1.807) is 0 Å². The van der Waals surface area contributed by atoms with Crippen molar-refractivity contribution in [2.45, 2.75) is 32.6 Å². The zero-order valence-corrected chi connectivity index (χ0v) is 16.6. The Labute approximate surface area is 150 Å². The Morgan fingerprint density at radius 1 is 1.09 bits per heavy atom. The monoisotopic (exact) mass is 439 g/mol. The number of halogens is 1. The Balaban J connectivity index is 0.00000441. The molecule has 1 aromatic rings. The summed E-state index contributed by atoms with van der Waals surface area (Å²) in [6.45, 7) is 6.42. The summed E-state index contributed by atoms with van der Waals surface area (Å²) >= 11 is 0. The Morgan fingerprint density at radius 3 is 2.18 bits per heavy atom. The van der Waals surface area contributed by atoms with Gasteiger partial charge >= 0.3 is 0 Å². The molecular formula is C15H26IN3O2S. The van der Waals surface area contributed by atoms with E-state index in [0.717, 1.165) is 36.6 Å². The van der Waals surface area contributed by atoms with Crippen LogP contribution in [0.5, 0.6) is 0 Å². The van der Waals surface area contributed by atoms with Crippen LogP contribution in [0.3, 0.4) is 0 Å². The van der Waals surface area contributed by atoms with E-state index in [2.05, 4.69) is 22.5 Å². The first-order valence-electron chi connectivity index (χ1n) is 7.22. The second-order valence-corrected chi connectivity index (χ2v) is 7.15. The highest BCUT2D eigenvalue weighted by molar-refractivity contribution is 14.0. The van der Waals surface area contributed by atoms with E-state index in [4.69, 9.17) is 0 Å². The van der Waals surface area contributed by atoms with E-state index < -0.39 is 9.84 Å². The summed E-state index contributed by atoms with van der Waals surface area (Å²) in [6.07, 6.45) is 2.29. The Hall–Kier alpha value is -0.830. The molecule has 0 aliphatic carbocycles. The molecule has 0 saturated heterocycles. The van der Waals surface area contributed by atoms with Crippen molar-refractivity contribution in [3.05, 3.63) is 35.4 Å². The molecule has 7 heteroatoms. The SMILES string of the molecule is CCCNC(=NCc1ccc(CS(C)(=O)=O)cc1)NCC.I. The first kappa shape index (κ1) is 21.2. The number of hydrogen-bond donors (Lipinski definition) is 2. The van der Waals surface area contributed by atoms with Gasteiger partial charge in [0.2, 0.25) is 0 Å². The highest BCUT2D eigenvalue weighted by atomic mass is 127. The van der Waals surface area contributed by atoms with Gasteiger partial charge in [0.05, 0.1) is 12.3 Å². The molecule has 1 rings (SSSR count). The van der Waals surface area contributed by atoms with Gasteiger partial charge in [-0.05, 0) is 24.5 Å². The van der Waals surface area contributed by atoms with Gasteiger partial charge in [0.1, 0.15) is 0 Å². The van der Waals surface area contributed by atoms with E-state index in [1.165, 1.54) is 6.26 Å². The van der Waals surface area contributed by atoms with Gasteiger partial charge in [0.25, 0.3) is 0 Å². The van der Waals surface area contributed by atoms with Crippen molar-refractivity contribution in [2.75, 3.05) is 19.3 Å². The van der Waals surface area contributed by atoms with Gasteiger partial charge < -0.3 is 10.6 Å². The minimum Gasteiger partial charge on any atom is -0.357 e. The lowest BCUT2D eigenvalue weighted by molar-refractivity contribution is 0.601. The van der Waals surface area contributed by atoms with Crippen molar-refractivity contribution >= 4 is 39.8 Å². The quantitative estimate of drug-likeness (QED) is 0.389. The maximum Gasteiger partial charge on any atom is 0.191 e. The lowest BCUT2D eigenvalue weighted by atomic mass is 10.1. The number of benzene rings is 1. The number of guanidine groups is 1. The van der Waals surface area contributed by atoms with Gasteiger partial charge in [0, 0.05) is 19.3 Å². The Morgan fingerprint density at radius 2 is 1.68 bits per heavy atom. The molecule has 0 aliphatic rings. The van der Waals surface area contributed by atoms with Crippen LogP contribution in [0.25, 0.3) is 0 Å². The molecule has 0 fully saturated rings. The summed E-state index contributed by atoms with van der Waals surface area (Å²) in [5, 5.41) is 6.43. The summed E-state index contributed by atoms with van der Waals surface area (Å²) in [5.41, 5.74) is 1.86. The first-order valence-corrected chi connectivity index (χ1v) is 9.28. The predicted molar refractivity (Wildman–Crippen MR) is 104 cm³/mol. The van der Waals surface area contributed by atoms with Crippen LogP contribution >= 0.6 is 24.0 Å². The molecule has 22 heavy (non-hydrogen) atoms. The molecule has 0 atom stereocenters. The predicted octanol–water partition coefficient (Wildman–Crippen LogP) is 2.31. The topological polar surface area (TPSA) is 70.6 Å². The second kappa shape index (κ2) is 10.8. The number of hydrogen-bond acceptors (Lipinski definition) is 3. The zero-order chi connectivity index (χ0) is 15.7. The fourth-order valence-electron chi connectivity index (χ4n) is 1.80. The number of aliphatic imine (C=N–C) groups is 1. The maximum absolute atomic E-state index is 11.2. The van der Waals surface area contributed by atoms with Gasteiger partial charge in [-0.25, -0.2) is 13.4 Å². The van der Waals surface area contributed by atoms with Crippen molar-refractivity contribution in [3.8, 4) is 0 Å². The minimum absolute atomic E-state index is 0. The molecule has 2 N–H and O–H groups in total. The van der Waals surface area contributed by atoms with Crippen LogP contribution in [-0.2, 0) is 22.1 Å². The molecule has 0 unspecified atom stereocenters. The van der Waals surface area contributed by atoms with E-state index in [1.807, 2.05) is 31.2 Å². The number of nitrogens with zero attached hydrogens (tertiary/aromatic N) is 1. The van der Waals surface area contributed by atoms with Gasteiger partial charge in [-0.3, -0.25) is 0 Å². The molecule has 0 amide bonds. The van der Waals surface area contributed by atoms with Crippen LogP contribution in [0, 0.1) is 0 Å². The van der Waals surface area contributed by atoms with E-state index >= 15 is 0 Å². The van der Waals surface area contributed by atoms with E-state index in [0.29, 0.717) is 6.54 Å². The van der Waals surface area contributed by atoms with Crippen molar-refractivity contribution in [3.63, 3.8) is 0 Å². The molecule has 126 valence electrons. The molecule has 0 bridgehead atoms. The zero-order valence-electron chi connectivity index (χ0n) is 13.4. The molecule has 0 saturated carbocycles. The van der Waals surface area contributed by atoms with Crippen LogP contribution < -0.4 is 10.6 Å². The maximum atomic E-state index is 11.2. The van der Waals surface area contributed by atoms with Crippen LogP contribution in [0.15, 0.2) is 29.3 Å². The van der Waals surface area contributed by atoms with E-state index in [9.17, 15) is 8.42 Å². The number of nitrogens with one attached hydrogen (secondary N) is 2. The molecule has 0 aromatic heterocycles. The van der Waals surface area contributed by atoms with Crippen LogP contribution in [-0.4, -0.2) is 33.7 Å². The van der Waals surface area contributed by atoms with Gasteiger partial charge in [0.15, 0.2) is 15.8 Å². The fraction of sp³-hybridized carbons (Fsp3) is 0.533. The van der Waals surface area contributed by atoms with Crippen LogP contribution in [0.1, 0.15) is 31.4 Å². The lowest BCUT2D eigenvalue weighted by Crippen LogP contribution is -2.37. The molecule has 0 radical (unpaired) electrons. The first-order chi connectivity index (χ1) is 9.94. The van der Waals surface area contributed by atoms with Gasteiger partial charge in [-0.1, -0.05) is 31.2 Å².